The maximum atomic E-state index is 8.07. The van der Waals surface area contributed by atoms with E-state index in [0.29, 0.717) is 0 Å². The first kappa shape index (κ1) is 15.3. The minimum atomic E-state index is 0.910. The summed E-state index contributed by atoms with van der Waals surface area (Å²) in [4.78, 5) is 0. The van der Waals surface area contributed by atoms with Crippen LogP contribution in [0.4, 0.5) is 0 Å². The second-order valence-corrected chi connectivity index (χ2v) is 4.87. The maximum absolute atomic E-state index is 8.07. The van der Waals surface area contributed by atoms with Crippen molar-refractivity contribution in [3.8, 4) is 0 Å². The van der Waals surface area contributed by atoms with Crippen molar-refractivity contribution in [2.45, 2.75) is 71.1 Å². The molecule has 0 aliphatic heterocycles. The van der Waals surface area contributed by atoms with Crippen LogP contribution in [0, 0.1) is 0 Å². The lowest BCUT2D eigenvalue weighted by molar-refractivity contribution is -0.116. The minimum absolute atomic E-state index is 0.910. The summed E-state index contributed by atoms with van der Waals surface area (Å²) in [6.07, 6.45) is 13.5. The molecule has 0 atom stereocenters. The first-order chi connectivity index (χ1) is 7.41. The van der Waals surface area contributed by atoms with Gasteiger partial charge in [0.25, 0.3) is 0 Å². The van der Waals surface area contributed by atoms with Gasteiger partial charge in [-0.1, -0.05) is 64.7 Å². The second kappa shape index (κ2) is 14.3. The summed E-state index contributed by atoms with van der Waals surface area (Å²) < 4.78 is 3.94. The molecule has 0 saturated carbocycles. The predicted octanol–water partition coefficient (Wildman–Crippen LogP) is 5.05. The zero-order valence-electron chi connectivity index (χ0n) is 10.0. The molecule has 0 spiro atoms. The lowest BCUT2D eigenvalue weighted by Crippen LogP contribution is -1.84. The Labute approximate surface area is 98.9 Å². The lowest BCUT2D eigenvalue weighted by Gasteiger charge is -2.01. The molecule has 2 nitrogen and oxygen atoms in total. The highest BCUT2D eigenvalue weighted by molar-refractivity contribution is 7.94. The molecule has 0 heterocycles. The standard InChI is InChI=1S/C12H26O2S/c1-2-3-4-5-6-7-8-9-10-11-12-15-14-13/h13H,2-12H2,1H3. The van der Waals surface area contributed by atoms with Crippen LogP contribution in [0.3, 0.4) is 0 Å². The minimum Gasteiger partial charge on any atom is -0.239 e. The predicted molar refractivity (Wildman–Crippen MR) is 68.0 cm³/mol. The van der Waals surface area contributed by atoms with E-state index in [1.54, 1.807) is 0 Å². The summed E-state index contributed by atoms with van der Waals surface area (Å²) in [6.45, 7) is 2.26. The number of hydrogen-bond acceptors (Lipinski definition) is 3. The average Bonchev–Trinajstić information content (AvgIpc) is 2.26. The molecule has 0 aliphatic rings. The fraction of sp³-hybridized carbons (Fsp3) is 1.00. The van der Waals surface area contributed by atoms with Gasteiger partial charge in [-0.05, 0) is 6.42 Å². The van der Waals surface area contributed by atoms with Gasteiger partial charge in [-0.3, -0.25) is 0 Å². The molecule has 0 bridgehead atoms. The second-order valence-electron chi connectivity index (χ2n) is 4.08. The molecule has 0 aromatic heterocycles. The van der Waals surface area contributed by atoms with Gasteiger partial charge in [0.05, 0.1) is 0 Å². The monoisotopic (exact) mass is 234 g/mol. The molecule has 0 saturated heterocycles. The summed E-state index contributed by atoms with van der Waals surface area (Å²) in [6, 6.07) is 0. The van der Waals surface area contributed by atoms with Gasteiger partial charge in [-0.2, -0.15) is 4.33 Å². The molecule has 0 amide bonds. The van der Waals surface area contributed by atoms with E-state index in [1.165, 1.54) is 57.8 Å². The van der Waals surface area contributed by atoms with Gasteiger partial charge < -0.3 is 0 Å². The summed E-state index contributed by atoms with van der Waals surface area (Å²) in [5.41, 5.74) is 0. The van der Waals surface area contributed by atoms with Crippen molar-refractivity contribution in [3.05, 3.63) is 0 Å². The molecule has 0 unspecified atom stereocenters. The van der Waals surface area contributed by atoms with E-state index >= 15 is 0 Å². The smallest absolute Gasteiger partial charge is 0.0311 e. The summed E-state index contributed by atoms with van der Waals surface area (Å²) >= 11 is 1.14. The Morgan fingerprint density at radius 3 is 1.73 bits per heavy atom. The van der Waals surface area contributed by atoms with Gasteiger partial charge in [0.2, 0.25) is 0 Å². The van der Waals surface area contributed by atoms with Crippen LogP contribution in [-0.4, -0.2) is 11.0 Å². The van der Waals surface area contributed by atoms with Gasteiger partial charge in [0, 0.05) is 17.8 Å². The molecule has 0 aromatic rings. The van der Waals surface area contributed by atoms with E-state index in [2.05, 4.69) is 11.3 Å². The normalized spacial score (nSPS) is 10.8. The van der Waals surface area contributed by atoms with Crippen molar-refractivity contribution in [2.75, 3.05) is 5.75 Å². The Balaban J connectivity index is 2.81. The van der Waals surface area contributed by atoms with Gasteiger partial charge in [-0.25, -0.2) is 5.26 Å². The number of unbranched alkanes of at least 4 members (excludes halogenated alkanes) is 9. The largest absolute Gasteiger partial charge is 0.239 e. The van der Waals surface area contributed by atoms with E-state index in [4.69, 9.17) is 5.26 Å². The van der Waals surface area contributed by atoms with Crippen molar-refractivity contribution in [1.82, 2.24) is 0 Å². The third kappa shape index (κ3) is 14.3. The van der Waals surface area contributed by atoms with E-state index in [1.807, 2.05) is 0 Å². The van der Waals surface area contributed by atoms with Crippen LogP contribution in [0.5, 0.6) is 0 Å². The number of rotatable bonds is 12. The lowest BCUT2D eigenvalue weighted by atomic mass is 10.1. The Hall–Kier alpha value is 0.270. The van der Waals surface area contributed by atoms with Crippen molar-refractivity contribution >= 4 is 12.0 Å². The van der Waals surface area contributed by atoms with Crippen LogP contribution in [0.15, 0.2) is 0 Å². The molecule has 0 fully saturated rings. The third-order valence-corrected chi connectivity index (χ3v) is 3.19. The van der Waals surface area contributed by atoms with Crippen LogP contribution < -0.4 is 0 Å². The van der Waals surface area contributed by atoms with Crippen molar-refractivity contribution in [1.29, 1.82) is 0 Å². The quantitative estimate of drug-likeness (QED) is 0.222. The fourth-order valence-electron chi connectivity index (χ4n) is 1.69. The van der Waals surface area contributed by atoms with Gasteiger partial charge >= 0.3 is 0 Å². The Morgan fingerprint density at radius 1 is 0.800 bits per heavy atom. The number of hydrogen-bond donors (Lipinski definition) is 1. The summed E-state index contributed by atoms with van der Waals surface area (Å²) in [5, 5.41) is 8.07. The van der Waals surface area contributed by atoms with Gasteiger partial charge in [-0.15, -0.1) is 0 Å². The maximum Gasteiger partial charge on any atom is 0.0311 e. The van der Waals surface area contributed by atoms with Crippen molar-refractivity contribution in [3.63, 3.8) is 0 Å². The Kier molecular flexibility index (Phi) is 14.5. The Morgan fingerprint density at radius 2 is 1.27 bits per heavy atom. The topological polar surface area (TPSA) is 29.5 Å². The third-order valence-electron chi connectivity index (χ3n) is 2.63. The molecule has 92 valence electrons. The zero-order valence-corrected chi connectivity index (χ0v) is 10.9. The van der Waals surface area contributed by atoms with Crippen molar-refractivity contribution in [2.24, 2.45) is 0 Å². The highest BCUT2D eigenvalue weighted by atomic mass is 32.2. The van der Waals surface area contributed by atoms with Gasteiger partial charge in [0.1, 0.15) is 0 Å². The van der Waals surface area contributed by atoms with Crippen LogP contribution in [0.1, 0.15) is 71.1 Å². The van der Waals surface area contributed by atoms with E-state index < -0.39 is 0 Å². The Bertz CT molecular complexity index is 97.8. The first-order valence-corrected chi connectivity index (χ1v) is 7.26. The molecule has 0 aromatic carbocycles. The van der Waals surface area contributed by atoms with Crippen LogP contribution >= 0.6 is 12.0 Å². The van der Waals surface area contributed by atoms with Crippen LogP contribution in [-0.2, 0) is 4.33 Å². The summed E-state index contributed by atoms with van der Waals surface area (Å²) in [7, 11) is 0. The summed E-state index contributed by atoms with van der Waals surface area (Å²) in [5.74, 6) is 0.910. The molecule has 0 aliphatic carbocycles. The van der Waals surface area contributed by atoms with E-state index in [9.17, 15) is 0 Å². The molecule has 0 rings (SSSR count). The van der Waals surface area contributed by atoms with Gasteiger partial charge in [0.15, 0.2) is 0 Å². The van der Waals surface area contributed by atoms with Crippen LogP contribution in [0.2, 0.25) is 0 Å². The highest BCUT2D eigenvalue weighted by Crippen LogP contribution is 2.12. The van der Waals surface area contributed by atoms with E-state index in [0.717, 1.165) is 24.2 Å². The molecule has 1 N–H and O–H groups in total. The molecular weight excluding hydrogens is 208 g/mol. The van der Waals surface area contributed by atoms with Crippen molar-refractivity contribution < 1.29 is 9.59 Å². The SMILES string of the molecule is CCCCCCCCCCCCSOO. The fourth-order valence-corrected chi connectivity index (χ4v) is 2.08. The molecule has 3 heteroatoms. The van der Waals surface area contributed by atoms with Crippen LogP contribution in [0.25, 0.3) is 0 Å². The highest BCUT2D eigenvalue weighted by Gasteiger charge is 1.93. The zero-order chi connectivity index (χ0) is 11.2. The molecule has 0 radical (unpaired) electrons. The molecular formula is C12H26O2S. The molecule has 15 heavy (non-hydrogen) atoms. The first-order valence-electron chi connectivity index (χ1n) is 6.35. The average molecular weight is 234 g/mol. The van der Waals surface area contributed by atoms with E-state index in [-0.39, 0.29) is 0 Å².